The topological polar surface area (TPSA) is 118 Å². The van der Waals surface area contributed by atoms with Crippen molar-refractivity contribution < 1.29 is 18.7 Å². The van der Waals surface area contributed by atoms with Crippen molar-refractivity contribution in [3.05, 3.63) is 95.9 Å². The first-order valence-electron chi connectivity index (χ1n) is 14.8. The first kappa shape index (κ1) is 29.0. The molecule has 44 heavy (non-hydrogen) atoms. The highest BCUT2D eigenvalue weighted by Crippen LogP contribution is 2.32. The van der Waals surface area contributed by atoms with E-state index in [1.54, 1.807) is 30.3 Å². The number of hydrogen-bond donors (Lipinski definition) is 2. The van der Waals surface area contributed by atoms with E-state index in [1.165, 1.54) is 16.9 Å². The molecule has 5 aromatic rings. The Balaban J connectivity index is 1.38. The Kier molecular flexibility index (Phi) is 8.62. The van der Waals surface area contributed by atoms with Gasteiger partial charge in [-0.15, -0.1) is 10.2 Å². The van der Waals surface area contributed by atoms with E-state index < -0.39 is 6.04 Å². The molecule has 11 heteroatoms. The normalized spacial score (nSPS) is 14.3. The summed E-state index contributed by atoms with van der Waals surface area (Å²) in [6.45, 7) is -0.163. The van der Waals surface area contributed by atoms with Crippen LogP contribution in [0.25, 0.3) is 22.3 Å². The van der Waals surface area contributed by atoms with Crippen LogP contribution in [0.5, 0.6) is 5.75 Å². The van der Waals surface area contributed by atoms with Gasteiger partial charge in [-0.1, -0.05) is 55.7 Å². The van der Waals surface area contributed by atoms with Crippen LogP contribution >= 0.6 is 0 Å². The van der Waals surface area contributed by atoms with Crippen LogP contribution in [-0.2, 0) is 22.7 Å². The van der Waals surface area contributed by atoms with Crippen LogP contribution in [0.15, 0.2) is 79.0 Å². The summed E-state index contributed by atoms with van der Waals surface area (Å²) in [5.74, 6) is -0.139. The van der Waals surface area contributed by atoms with Gasteiger partial charge < -0.3 is 19.9 Å². The predicted molar refractivity (Wildman–Crippen MR) is 163 cm³/mol. The summed E-state index contributed by atoms with van der Waals surface area (Å²) >= 11 is 0. The summed E-state index contributed by atoms with van der Waals surface area (Å²) in [6, 6.07) is 20.0. The van der Waals surface area contributed by atoms with E-state index in [1.807, 2.05) is 48.5 Å². The van der Waals surface area contributed by atoms with Gasteiger partial charge in [0, 0.05) is 39.8 Å². The molecular formula is C33H34FN7O3. The van der Waals surface area contributed by atoms with E-state index in [0.29, 0.717) is 16.9 Å². The Morgan fingerprint density at radius 1 is 1.05 bits per heavy atom. The lowest BCUT2D eigenvalue weighted by molar-refractivity contribution is -0.142. The molecule has 1 aliphatic rings. The monoisotopic (exact) mass is 595 g/mol. The summed E-state index contributed by atoms with van der Waals surface area (Å²) in [7, 11) is 1.58. The fourth-order valence-corrected chi connectivity index (χ4v) is 5.88. The Bertz CT molecular complexity index is 1740. The average Bonchev–Trinajstić information content (AvgIpc) is 3.69. The second-order valence-corrected chi connectivity index (χ2v) is 11.0. The smallest absolute Gasteiger partial charge is 0.247 e. The second kappa shape index (κ2) is 13.1. The second-order valence-electron chi connectivity index (χ2n) is 11.0. The Hall–Kier alpha value is -5.06. The lowest BCUT2D eigenvalue weighted by Gasteiger charge is -2.33. The number of aromatic nitrogens is 5. The van der Waals surface area contributed by atoms with E-state index in [4.69, 9.17) is 4.74 Å². The number of carbonyl (C=O) groups excluding carboxylic acids is 2. The average molecular weight is 596 g/mol. The highest BCUT2D eigenvalue weighted by atomic mass is 19.1. The SMILES string of the molecule is COc1ccccc1CN(C(=O)Cn1nnc(-c2ccc(F)cc2)n1)[C@@H](C(=O)NC1CCCCC1)c1c[nH]c2ccccc12. The molecule has 0 bridgehead atoms. The molecule has 1 saturated carbocycles. The number of H-pyrrole nitrogens is 1. The van der Waals surface area contributed by atoms with E-state index >= 15 is 0 Å². The van der Waals surface area contributed by atoms with Crippen molar-refractivity contribution >= 4 is 22.7 Å². The van der Waals surface area contributed by atoms with Crippen LogP contribution in [0, 0.1) is 5.82 Å². The van der Waals surface area contributed by atoms with E-state index in [0.717, 1.165) is 48.6 Å². The number of fused-ring (bicyclic) bond motifs is 1. The van der Waals surface area contributed by atoms with Gasteiger partial charge in [-0.25, -0.2) is 4.39 Å². The summed E-state index contributed by atoms with van der Waals surface area (Å²) in [5, 5.41) is 16.7. The Labute approximate surface area is 254 Å². The number of tetrazole rings is 1. The molecule has 0 radical (unpaired) electrons. The molecule has 3 aromatic carbocycles. The third-order valence-corrected chi connectivity index (χ3v) is 8.11. The van der Waals surface area contributed by atoms with Gasteiger partial charge in [0.25, 0.3) is 0 Å². The van der Waals surface area contributed by atoms with Gasteiger partial charge in [-0.3, -0.25) is 9.59 Å². The fourth-order valence-electron chi connectivity index (χ4n) is 5.88. The van der Waals surface area contributed by atoms with Crippen LogP contribution in [0.2, 0.25) is 0 Å². The summed E-state index contributed by atoms with van der Waals surface area (Å²) in [4.78, 5) is 34.6. The van der Waals surface area contributed by atoms with Crippen molar-refractivity contribution in [1.29, 1.82) is 0 Å². The molecule has 0 unspecified atom stereocenters. The van der Waals surface area contributed by atoms with Crippen LogP contribution in [-0.4, -0.2) is 55.1 Å². The molecule has 1 fully saturated rings. The quantitative estimate of drug-likeness (QED) is 0.230. The number of amides is 2. The molecule has 1 atom stereocenters. The maximum atomic E-state index is 14.3. The number of ether oxygens (including phenoxy) is 1. The first-order chi connectivity index (χ1) is 21.5. The number of aromatic amines is 1. The number of nitrogens with one attached hydrogen (secondary N) is 2. The van der Waals surface area contributed by atoms with Gasteiger partial charge >= 0.3 is 0 Å². The van der Waals surface area contributed by atoms with Crippen LogP contribution < -0.4 is 10.1 Å². The minimum Gasteiger partial charge on any atom is -0.496 e. The van der Waals surface area contributed by atoms with Gasteiger partial charge in [0.05, 0.1) is 13.7 Å². The van der Waals surface area contributed by atoms with Crippen molar-refractivity contribution in [2.45, 2.75) is 57.3 Å². The zero-order valence-corrected chi connectivity index (χ0v) is 24.4. The lowest BCUT2D eigenvalue weighted by Crippen LogP contribution is -2.47. The summed E-state index contributed by atoms with van der Waals surface area (Å²) < 4.78 is 19.1. The van der Waals surface area contributed by atoms with Gasteiger partial charge in [-0.2, -0.15) is 4.80 Å². The van der Waals surface area contributed by atoms with E-state index in [2.05, 4.69) is 25.7 Å². The van der Waals surface area contributed by atoms with Gasteiger partial charge in [-0.05, 0) is 54.5 Å². The molecule has 0 aliphatic heterocycles. The molecule has 0 spiro atoms. The Morgan fingerprint density at radius 2 is 1.80 bits per heavy atom. The minimum atomic E-state index is -0.953. The standard InChI is InChI=1S/C33H34FN7O3/c1-44-29-14-8-5-9-23(29)20-40(30(42)21-41-38-32(37-39-41)22-15-17-24(34)18-16-22)31(33(43)36-25-10-3-2-4-11-25)27-19-35-28-13-7-6-12-26(27)28/h5-9,12-19,25,31,35H,2-4,10-11,20-21H2,1H3,(H,36,43)/t31-/m1/s1. The van der Waals surface area contributed by atoms with Crippen LogP contribution in [0.4, 0.5) is 4.39 Å². The maximum absolute atomic E-state index is 14.3. The number of para-hydroxylation sites is 2. The lowest BCUT2D eigenvalue weighted by atomic mass is 9.94. The number of halogens is 1. The number of hydrogen-bond acceptors (Lipinski definition) is 6. The molecule has 2 aromatic heterocycles. The molecular weight excluding hydrogens is 561 g/mol. The van der Waals surface area contributed by atoms with Crippen molar-refractivity contribution in [2.24, 2.45) is 0 Å². The van der Waals surface area contributed by atoms with Gasteiger partial charge in [0.15, 0.2) is 0 Å². The molecule has 1 aliphatic carbocycles. The molecule has 2 N–H and O–H groups in total. The predicted octanol–water partition coefficient (Wildman–Crippen LogP) is 5.19. The third-order valence-electron chi connectivity index (χ3n) is 8.11. The van der Waals surface area contributed by atoms with Crippen molar-refractivity contribution in [2.75, 3.05) is 7.11 Å². The maximum Gasteiger partial charge on any atom is 0.247 e. The van der Waals surface area contributed by atoms with Crippen LogP contribution in [0.1, 0.15) is 49.3 Å². The number of carbonyl (C=O) groups is 2. The summed E-state index contributed by atoms with van der Waals surface area (Å²) in [5.41, 5.74) is 2.87. The number of nitrogens with zero attached hydrogens (tertiary/aromatic N) is 5. The largest absolute Gasteiger partial charge is 0.496 e. The third kappa shape index (κ3) is 6.31. The number of benzene rings is 3. The molecule has 2 heterocycles. The van der Waals surface area contributed by atoms with Crippen molar-refractivity contribution in [1.82, 2.24) is 35.4 Å². The Morgan fingerprint density at radius 3 is 2.59 bits per heavy atom. The van der Waals surface area contributed by atoms with E-state index in [9.17, 15) is 14.0 Å². The number of rotatable bonds is 10. The number of methoxy groups -OCH3 is 1. The zero-order valence-electron chi connectivity index (χ0n) is 24.4. The van der Waals surface area contributed by atoms with E-state index in [-0.39, 0.29) is 42.6 Å². The molecule has 2 amide bonds. The summed E-state index contributed by atoms with van der Waals surface area (Å²) in [6.07, 6.45) is 6.88. The first-order valence-corrected chi connectivity index (χ1v) is 14.8. The highest BCUT2D eigenvalue weighted by Gasteiger charge is 2.35. The molecule has 0 saturated heterocycles. The van der Waals surface area contributed by atoms with Crippen molar-refractivity contribution in [3.8, 4) is 17.1 Å². The highest BCUT2D eigenvalue weighted by molar-refractivity contribution is 5.94. The fraction of sp³-hybridized carbons (Fsp3) is 0.303. The van der Waals surface area contributed by atoms with Crippen molar-refractivity contribution in [3.63, 3.8) is 0 Å². The van der Waals surface area contributed by atoms with Crippen LogP contribution in [0.3, 0.4) is 0 Å². The van der Waals surface area contributed by atoms with Gasteiger partial charge in [0.1, 0.15) is 24.2 Å². The molecule has 226 valence electrons. The molecule has 10 nitrogen and oxygen atoms in total. The van der Waals surface area contributed by atoms with Gasteiger partial charge in [0.2, 0.25) is 17.6 Å². The minimum absolute atomic E-state index is 0.0439. The molecule has 6 rings (SSSR count). The zero-order chi connectivity index (χ0) is 30.5.